The SMILES string of the molecule is Cc1c(CN)nc2ccc(OC(C)C)cc2c1N(C)C. The van der Waals surface area contributed by atoms with E-state index >= 15 is 0 Å². The zero-order chi connectivity index (χ0) is 14.9. The maximum Gasteiger partial charge on any atom is 0.120 e. The van der Waals surface area contributed by atoms with E-state index in [4.69, 9.17) is 10.5 Å². The van der Waals surface area contributed by atoms with Crippen LogP contribution in [0.25, 0.3) is 10.9 Å². The predicted molar refractivity (Wildman–Crippen MR) is 84.5 cm³/mol. The first-order chi connectivity index (χ1) is 9.43. The summed E-state index contributed by atoms with van der Waals surface area (Å²) in [5, 5.41) is 1.10. The van der Waals surface area contributed by atoms with Crippen molar-refractivity contribution in [1.82, 2.24) is 4.98 Å². The Labute approximate surface area is 120 Å². The lowest BCUT2D eigenvalue weighted by Crippen LogP contribution is -2.14. The van der Waals surface area contributed by atoms with Crippen LogP contribution in [0.1, 0.15) is 25.1 Å². The number of hydrogen-bond donors (Lipinski definition) is 1. The standard InChI is InChI=1S/C16H23N3O/c1-10(2)20-12-6-7-14-13(8-12)16(19(4)5)11(3)15(9-17)18-14/h6-8,10H,9,17H2,1-5H3. The Morgan fingerprint density at radius 2 is 2.00 bits per heavy atom. The number of aromatic nitrogens is 1. The van der Waals surface area contributed by atoms with E-state index in [-0.39, 0.29) is 6.10 Å². The van der Waals surface area contributed by atoms with Gasteiger partial charge in [-0.3, -0.25) is 4.98 Å². The van der Waals surface area contributed by atoms with Crippen LogP contribution < -0.4 is 15.4 Å². The summed E-state index contributed by atoms with van der Waals surface area (Å²) >= 11 is 0. The fourth-order valence-electron chi connectivity index (χ4n) is 2.49. The largest absolute Gasteiger partial charge is 0.491 e. The fraction of sp³-hybridized carbons (Fsp3) is 0.438. The Morgan fingerprint density at radius 3 is 2.55 bits per heavy atom. The van der Waals surface area contributed by atoms with Crippen molar-refractivity contribution in [1.29, 1.82) is 0 Å². The second-order valence-corrected chi connectivity index (χ2v) is 5.48. The first-order valence-electron chi connectivity index (χ1n) is 6.91. The minimum absolute atomic E-state index is 0.160. The molecule has 4 heteroatoms. The molecule has 0 spiro atoms. The van der Waals surface area contributed by atoms with Gasteiger partial charge in [-0.1, -0.05) is 0 Å². The van der Waals surface area contributed by atoms with Crippen molar-refractivity contribution in [3.8, 4) is 5.75 Å². The molecule has 0 aliphatic heterocycles. The number of pyridine rings is 1. The predicted octanol–water partition coefficient (Wildman–Crippen LogP) is 2.86. The van der Waals surface area contributed by atoms with Gasteiger partial charge in [-0.05, 0) is 44.5 Å². The topological polar surface area (TPSA) is 51.4 Å². The van der Waals surface area contributed by atoms with E-state index in [9.17, 15) is 0 Å². The Hall–Kier alpha value is -1.81. The van der Waals surface area contributed by atoms with Gasteiger partial charge in [0, 0.05) is 26.0 Å². The lowest BCUT2D eigenvalue weighted by Gasteiger charge is -2.21. The summed E-state index contributed by atoms with van der Waals surface area (Å²) in [5.41, 5.74) is 9.99. The summed E-state index contributed by atoms with van der Waals surface area (Å²) in [7, 11) is 4.08. The second-order valence-electron chi connectivity index (χ2n) is 5.48. The highest BCUT2D eigenvalue weighted by Crippen LogP contribution is 2.32. The highest BCUT2D eigenvalue weighted by atomic mass is 16.5. The van der Waals surface area contributed by atoms with E-state index in [0.717, 1.165) is 33.6 Å². The number of nitrogens with two attached hydrogens (primary N) is 1. The lowest BCUT2D eigenvalue weighted by molar-refractivity contribution is 0.243. The van der Waals surface area contributed by atoms with Crippen molar-refractivity contribution in [2.24, 2.45) is 5.73 Å². The number of benzene rings is 1. The summed E-state index contributed by atoms with van der Waals surface area (Å²) in [5.74, 6) is 0.872. The van der Waals surface area contributed by atoms with E-state index in [2.05, 4.69) is 22.9 Å². The van der Waals surface area contributed by atoms with Gasteiger partial charge in [0.05, 0.1) is 23.0 Å². The summed E-state index contributed by atoms with van der Waals surface area (Å²) in [6.45, 7) is 6.57. The fourth-order valence-corrected chi connectivity index (χ4v) is 2.49. The monoisotopic (exact) mass is 273 g/mol. The molecule has 0 fully saturated rings. The molecular formula is C16H23N3O. The van der Waals surface area contributed by atoms with E-state index in [1.165, 1.54) is 0 Å². The highest BCUT2D eigenvalue weighted by Gasteiger charge is 2.13. The molecule has 2 rings (SSSR count). The molecule has 0 saturated carbocycles. The normalized spacial score (nSPS) is 11.2. The number of hydrogen-bond acceptors (Lipinski definition) is 4. The van der Waals surface area contributed by atoms with Crippen LogP contribution in [0, 0.1) is 6.92 Å². The molecule has 0 radical (unpaired) electrons. The Balaban J connectivity index is 2.69. The summed E-state index contributed by atoms with van der Waals surface area (Å²) in [6.07, 6.45) is 0.160. The molecule has 108 valence electrons. The van der Waals surface area contributed by atoms with Gasteiger partial charge in [0.2, 0.25) is 0 Å². The first kappa shape index (κ1) is 14.6. The number of anilines is 1. The maximum absolute atomic E-state index is 5.80. The van der Waals surface area contributed by atoms with Crippen molar-refractivity contribution in [3.63, 3.8) is 0 Å². The highest BCUT2D eigenvalue weighted by molar-refractivity contribution is 5.94. The first-order valence-corrected chi connectivity index (χ1v) is 6.91. The van der Waals surface area contributed by atoms with Crippen molar-refractivity contribution in [2.75, 3.05) is 19.0 Å². The molecule has 1 heterocycles. The molecule has 4 nitrogen and oxygen atoms in total. The third-order valence-electron chi connectivity index (χ3n) is 3.28. The van der Waals surface area contributed by atoms with E-state index in [1.807, 2.05) is 40.1 Å². The Kier molecular flexibility index (Phi) is 4.14. The molecular weight excluding hydrogens is 250 g/mol. The van der Waals surface area contributed by atoms with Crippen LogP contribution in [0.5, 0.6) is 5.75 Å². The van der Waals surface area contributed by atoms with Gasteiger partial charge in [0.25, 0.3) is 0 Å². The average Bonchev–Trinajstić information content (AvgIpc) is 2.36. The molecule has 0 amide bonds. The van der Waals surface area contributed by atoms with Crippen LogP contribution in [0.15, 0.2) is 18.2 Å². The number of rotatable bonds is 4. The average molecular weight is 273 g/mol. The molecule has 1 aromatic carbocycles. The van der Waals surface area contributed by atoms with Gasteiger partial charge < -0.3 is 15.4 Å². The molecule has 2 aromatic rings. The van der Waals surface area contributed by atoms with Crippen molar-refractivity contribution >= 4 is 16.6 Å². The minimum atomic E-state index is 0.160. The zero-order valence-electron chi connectivity index (χ0n) is 12.9. The van der Waals surface area contributed by atoms with Crippen LogP contribution in [0.2, 0.25) is 0 Å². The maximum atomic E-state index is 5.80. The third-order valence-corrected chi connectivity index (χ3v) is 3.28. The third kappa shape index (κ3) is 2.70. The Bertz CT molecular complexity index is 621. The molecule has 0 unspecified atom stereocenters. The molecule has 0 atom stereocenters. The number of nitrogens with zero attached hydrogens (tertiary/aromatic N) is 2. The quantitative estimate of drug-likeness (QED) is 0.930. The van der Waals surface area contributed by atoms with Crippen LogP contribution in [-0.4, -0.2) is 25.2 Å². The molecule has 20 heavy (non-hydrogen) atoms. The van der Waals surface area contributed by atoms with Crippen LogP contribution in [0.3, 0.4) is 0 Å². The Morgan fingerprint density at radius 1 is 1.30 bits per heavy atom. The van der Waals surface area contributed by atoms with Crippen molar-refractivity contribution < 1.29 is 4.74 Å². The van der Waals surface area contributed by atoms with Crippen LogP contribution in [-0.2, 0) is 6.54 Å². The van der Waals surface area contributed by atoms with Crippen molar-refractivity contribution in [3.05, 3.63) is 29.5 Å². The van der Waals surface area contributed by atoms with Gasteiger partial charge in [0.1, 0.15) is 5.75 Å². The van der Waals surface area contributed by atoms with Gasteiger partial charge in [0.15, 0.2) is 0 Å². The van der Waals surface area contributed by atoms with Gasteiger partial charge in [-0.15, -0.1) is 0 Å². The van der Waals surface area contributed by atoms with Crippen LogP contribution >= 0.6 is 0 Å². The van der Waals surface area contributed by atoms with E-state index in [0.29, 0.717) is 6.54 Å². The molecule has 2 N–H and O–H groups in total. The summed E-state index contributed by atoms with van der Waals surface area (Å²) < 4.78 is 5.78. The van der Waals surface area contributed by atoms with E-state index in [1.54, 1.807) is 0 Å². The molecule has 0 saturated heterocycles. The van der Waals surface area contributed by atoms with Crippen LogP contribution in [0.4, 0.5) is 5.69 Å². The van der Waals surface area contributed by atoms with Gasteiger partial charge >= 0.3 is 0 Å². The summed E-state index contributed by atoms with van der Waals surface area (Å²) in [6, 6.07) is 6.02. The zero-order valence-corrected chi connectivity index (χ0v) is 12.9. The van der Waals surface area contributed by atoms with Gasteiger partial charge in [-0.25, -0.2) is 0 Å². The van der Waals surface area contributed by atoms with E-state index < -0.39 is 0 Å². The molecule has 0 aliphatic carbocycles. The minimum Gasteiger partial charge on any atom is -0.491 e. The lowest BCUT2D eigenvalue weighted by atomic mass is 10.1. The van der Waals surface area contributed by atoms with Gasteiger partial charge in [-0.2, -0.15) is 0 Å². The molecule has 0 aliphatic rings. The number of ether oxygens (including phenoxy) is 1. The van der Waals surface area contributed by atoms with Crippen molar-refractivity contribution in [2.45, 2.75) is 33.4 Å². The smallest absolute Gasteiger partial charge is 0.120 e. The molecule has 1 aromatic heterocycles. The number of fused-ring (bicyclic) bond motifs is 1. The molecule has 0 bridgehead atoms. The second kappa shape index (κ2) is 5.67. The summed E-state index contributed by atoms with van der Waals surface area (Å²) in [4.78, 5) is 6.76.